The number of hydrogen-bond donors (Lipinski definition) is 11. The van der Waals surface area contributed by atoms with Crippen molar-refractivity contribution >= 4 is 47.3 Å². The largest absolute Gasteiger partial charge is 0.508 e. The fraction of sp³-hybridized carbons (Fsp3) is 0.487. The van der Waals surface area contributed by atoms with Crippen LogP contribution in [0, 0.1) is 16.0 Å². The fourth-order valence-electron chi connectivity index (χ4n) is 5.82. The molecule has 2 aromatic rings. The number of nitro groups is 1. The lowest BCUT2D eigenvalue weighted by Gasteiger charge is -2.27. The van der Waals surface area contributed by atoms with Crippen molar-refractivity contribution < 1.29 is 53.6 Å². The number of nitrogens with two attached hydrogens (primary N) is 2. The van der Waals surface area contributed by atoms with E-state index in [0.717, 1.165) is 0 Å². The third-order valence-electron chi connectivity index (χ3n) is 9.18. The molecule has 0 aliphatic rings. The highest BCUT2D eigenvalue weighted by Crippen LogP contribution is 2.13. The topological polar surface area (TPSA) is 356 Å². The third-order valence-corrected chi connectivity index (χ3v) is 9.18. The van der Waals surface area contributed by atoms with Crippen LogP contribution in [-0.4, -0.2) is 112 Å². The summed E-state index contributed by atoms with van der Waals surface area (Å²) < 4.78 is 0. The predicted octanol–water partition coefficient (Wildman–Crippen LogP) is -1.98. The molecule has 2 aromatic carbocycles. The maximum absolute atomic E-state index is 13.5. The van der Waals surface area contributed by atoms with E-state index in [4.69, 9.17) is 11.5 Å². The molecule has 0 aliphatic heterocycles. The van der Waals surface area contributed by atoms with E-state index in [1.54, 1.807) is 44.2 Å². The van der Waals surface area contributed by atoms with Gasteiger partial charge in [-0.25, -0.2) is 14.9 Å². The Bertz CT molecular complexity index is 1830. The van der Waals surface area contributed by atoms with E-state index >= 15 is 0 Å². The first-order valence-corrected chi connectivity index (χ1v) is 19.5. The van der Waals surface area contributed by atoms with Crippen LogP contribution in [0.3, 0.4) is 0 Å². The van der Waals surface area contributed by atoms with Gasteiger partial charge < -0.3 is 53.6 Å². The molecule has 0 spiro atoms. The van der Waals surface area contributed by atoms with Crippen LogP contribution in [0.2, 0.25) is 0 Å². The zero-order chi connectivity index (χ0) is 45.6. The number of primary amides is 1. The minimum Gasteiger partial charge on any atom is -0.508 e. The predicted molar refractivity (Wildman–Crippen MR) is 218 cm³/mol. The number of carbonyl (C=O) groups excluding carboxylic acids is 7. The number of carboxylic acid groups (broad SMARTS) is 1. The third kappa shape index (κ3) is 18.7. The van der Waals surface area contributed by atoms with E-state index < -0.39 is 101 Å². The number of aliphatic carboxylic acids is 1. The molecule has 0 aromatic heterocycles. The van der Waals surface area contributed by atoms with Gasteiger partial charge in [0.05, 0.1) is 6.54 Å². The number of hydrazine groups is 1. The van der Waals surface area contributed by atoms with Crippen molar-refractivity contribution in [1.29, 1.82) is 0 Å². The number of aromatic hydroxyl groups is 1. The van der Waals surface area contributed by atoms with E-state index in [2.05, 4.69) is 31.9 Å². The van der Waals surface area contributed by atoms with Crippen molar-refractivity contribution in [2.75, 3.05) is 13.1 Å². The van der Waals surface area contributed by atoms with Gasteiger partial charge in [0.1, 0.15) is 36.0 Å². The van der Waals surface area contributed by atoms with Crippen LogP contribution >= 0.6 is 0 Å². The molecule has 0 bridgehead atoms. The maximum Gasteiger partial charge on any atom is 0.326 e. The summed E-state index contributed by atoms with van der Waals surface area (Å²) in [5.74, 6) is -7.92. The lowest BCUT2D eigenvalue weighted by molar-refractivity contribution is -0.548. The molecule has 22 heteroatoms. The number of phenolic OH excluding ortho intramolecular Hbond substituents is 1. The second-order valence-corrected chi connectivity index (χ2v) is 14.5. The number of carbonyl (C=O) groups is 8. The van der Waals surface area contributed by atoms with Gasteiger partial charge in [0.2, 0.25) is 41.4 Å². The number of hydrogen-bond acceptors (Lipinski definition) is 12. The van der Waals surface area contributed by atoms with Gasteiger partial charge in [0.25, 0.3) is 0 Å². The SMILES string of the molecule is CC(C)[C@H](NC(=O)[C@H](CCC(N)=O)NC(=O)[C@H](Cc1ccc(O)cc1)N[N+](=O)[O-])C(=O)N[C@@H](C)C(=O)NCC(=O)N[C@@H](Cc1ccccc1)C(=O)N[C@@H](CCCCN)C(=O)O. The zero-order valence-corrected chi connectivity index (χ0v) is 34.2. The quantitative estimate of drug-likeness (QED) is 0.0264. The molecule has 0 saturated carbocycles. The maximum atomic E-state index is 13.5. The van der Waals surface area contributed by atoms with Crippen LogP contribution in [0.4, 0.5) is 0 Å². The van der Waals surface area contributed by atoms with Crippen molar-refractivity contribution in [1.82, 2.24) is 37.3 Å². The molecule has 0 unspecified atom stereocenters. The van der Waals surface area contributed by atoms with Gasteiger partial charge in [-0.3, -0.25) is 33.6 Å². The highest BCUT2D eigenvalue weighted by molar-refractivity contribution is 5.96. The number of amides is 7. The number of benzene rings is 2. The first kappa shape index (κ1) is 50.3. The second-order valence-electron chi connectivity index (χ2n) is 14.5. The van der Waals surface area contributed by atoms with Crippen LogP contribution in [-0.2, 0) is 51.2 Å². The summed E-state index contributed by atoms with van der Waals surface area (Å²) in [6.07, 6.45) is 0.148. The van der Waals surface area contributed by atoms with Crippen molar-refractivity contribution in [2.45, 2.75) is 102 Å². The Morgan fingerprint density at radius 3 is 1.84 bits per heavy atom. The van der Waals surface area contributed by atoms with Crippen molar-refractivity contribution in [2.24, 2.45) is 17.4 Å². The Labute approximate surface area is 351 Å². The fourth-order valence-corrected chi connectivity index (χ4v) is 5.82. The molecule has 6 atom stereocenters. The summed E-state index contributed by atoms with van der Waals surface area (Å²) in [6.45, 7) is 4.16. The second kappa shape index (κ2) is 25.6. The first-order chi connectivity index (χ1) is 28.8. The summed E-state index contributed by atoms with van der Waals surface area (Å²) >= 11 is 0. The number of carboxylic acids is 1. The molecule has 0 radical (unpaired) electrons. The minimum absolute atomic E-state index is 0.000498. The Morgan fingerprint density at radius 2 is 1.26 bits per heavy atom. The number of phenols is 1. The van der Waals surface area contributed by atoms with E-state index in [-0.39, 0.29) is 37.9 Å². The summed E-state index contributed by atoms with van der Waals surface area (Å²) in [5, 5.41) is 44.2. The minimum atomic E-state index is -1.51. The molecule has 7 amide bonds. The molecule has 0 heterocycles. The molecule has 0 fully saturated rings. The smallest absolute Gasteiger partial charge is 0.326 e. The molecule has 13 N–H and O–H groups in total. The summed E-state index contributed by atoms with van der Waals surface area (Å²) in [5.41, 5.74) is 13.7. The summed E-state index contributed by atoms with van der Waals surface area (Å²) in [6, 6.07) is 6.09. The standard InChI is InChI=1S/C39H56N10O12/c1-22(2)33(47-35(54)27(16-17-31(41)51)45-37(56)30(48-49(60)61)20-25-12-14-26(50)15-13-25)38(57)43-23(3)34(53)42-21-32(52)44-29(19-24-9-5-4-6-10-24)36(55)46-28(39(58)59)11-7-8-18-40/h4-6,9-10,12-15,22-23,27-30,33,48,50H,7-8,11,16-21,40H2,1-3H3,(H2,41,51)(H,42,53)(H,43,57)(H,44,52)(H,45,56)(H,46,55)(H,47,54)(H,58,59)/t23-,27-,28-,29-,30-,33-/m0/s1. The molecule has 0 aliphatic carbocycles. The monoisotopic (exact) mass is 856 g/mol. The van der Waals surface area contributed by atoms with Crippen molar-refractivity contribution in [3.63, 3.8) is 0 Å². The van der Waals surface area contributed by atoms with E-state index in [1.807, 2.05) is 5.43 Å². The van der Waals surface area contributed by atoms with Gasteiger partial charge in [0, 0.05) is 19.3 Å². The van der Waals surface area contributed by atoms with E-state index in [0.29, 0.717) is 30.5 Å². The normalized spacial score (nSPS) is 13.8. The Hall–Kier alpha value is -6.84. The molecule has 334 valence electrons. The molecule has 22 nitrogen and oxygen atoms in total. The first-order valence-electron chi connectivity index (χ1n) is 19.5. The highest BCUT2D eigenvalue weighted by atomic mass is 16.7. The lowest BCUT2D eigenvalue weighted by atomic mass is 10.0. The average molecular weight is 857 g/mol. The van der Waals surface area contributed by atoms with E-state index in [1.165, 1.54) is 31.2 Å². The molecule has 2 rings (SSSR count). The van der Waals surface area contributed by atoms with E-state index in [9.17, 15) is 58.7 Å². The Balaban J connectivity index is 2.10. The molecular formula is C39H56N10O12. The zero-order valence-electron chi connectivity index (χ0n) is 34.2. The summed E-state index contributed by atoms with van der Waals surface area (Å²) in [7, 11) is 0. The van der Waals surface area contributed by atoms with Crippen LogP contribution in [0.15, 0.2) is 54.6 Å². The van der Waals surface area contributed by atoms with Gasteiger partial charge >= 0.3 is 5.97 Å². The van der Waals surface area contributed by atoms with Crippen LogP contribution < -0.4 is 48.8 Å². The Kier molecular flexibility index (Phi) is 21.1. The van der Waals surface area contributed by atoms with Crippen molar-refractivity contribution in [3.05, 3.63) is 75.8 Å². The average Bonchev–Trinajstić information content (AvgIpc) is 3.20. The number of rotatable bonds is 27. The van der Waals surface area contributed by atoms with Gasteiger partial charge in [-0.2, -0.15) is 0 Å². The molecule has 0 saturated heterocycles. The number of unbranched alkanes of at least 4 members (excludes halogenated alkanes) is 1. The van der Waals surface area contributed by atoms with Crippen LogP contribution in [0.5, 0.6) is 5.75 Å². The van der Waals surface area contributed by atoms with Gasteiger partial charge in [-0.05, 0) is 68.3 Å². The summed E-state index contributed by atoms with van der Waals surface area (Å²) in [4.78, 5) is 114. The van der Waals surface area contributed by atoms with Crippen molar-refractivity contribution in [3.8, 4) is 5.75 Å². The molecular weight excluding hydrogens is 800 g/mol. The molecule has 61 heavy (non-hydrogen) atoms. The highest BCUT2D eigenvalue weighted by Gasteiger charge is 2.33. The van der Waals surface area contributed by atoms with Gasteiger partial charge in [-0.1, -0.05) is 56.3 Å². The lowest BCUT2D eigenvalue weighted by Crippen LogP contribution is -2.59. The van der Waals surface area contributed by atoms with Gasteiger partial charge in [0.15, 0.2) is 11.1 Å². The number of nitrogens with zero attached hydrogens (tertiary/aromatic N) is 1. The Morgan fingerprint density at radius 1 is 0.689 bits per heavy atom. The number of nitrogens with one attached hydrogen (secondary N) is 7. The van der Waals surface area contributed by atoms with Crippen LogP contribution in [0.1, 0.15) is 64.0 Å². The van der Waals surface area contributed by atoms with Gasteiger partial charge in [-0.15, -0.1) is 5.43 Å². The van der Waals surface area contributed by atoms with Crippen LogP contribution in [0.25, 0.3) is 0 Å².